The van der Waals surface area contributed by atoms with E-state index >= 15 is 0 Å². The summed E-state index contributed by atoms with van der Waals surface area (Å²) in [5.74, 6) is -3.12. The maximum atomic E-state index is 13.2. The third-order valence-corrected chi connectivity index (χ3v) is 9.80. The van der Waals surface area contributed by atoms with Crippen molar-refractivity contribution in [1.82, 2.24) is 21.3 Å². The summed E-state index contributed by atoms with van der Waals surface area (Å²) in [5.41, 5.74) is 54.9. The Kier molecular flexibility index (Phi) is 22.9. The van der Waals surface area contributed by atoms with Gasteiger partial charge in [-0.05, 0) is 44.9 Å². The van der Waals surface area contributed by atoms with Crippen LogP contribution in [0.4, 0.5) is 0 Å². The molecule has 0 aromatic rings. The van der Waals surface area contributed by atoms with Crippen LogP contribution in [0.2, 0.25) is 0 Å². The van der Waals surface area contributed by atoms with Gasteiger partial charge in [-0.15, -0.1) is 0 Å². The number of aliphatic imine (C=N–C) groups is 4. The smallest absolute Gasteiger partial charge is 0.237 e. The molecular weight excluding hydrogens is 820 g/mol. The highest BCUT2D eigenvalue weighted by atomic mass is 16.7. The quantitative estimate of drug-likeness (QED) is 0.0230. The van der Waals surface area contributed by atoms with Gasteiger partial charge in [-0.3, -0.25) is 39.1 Å². The van der Waals surface area contributed by atoms with Crippen molar-refractivity contribution in [3.8, 4) is 0 Å². The van der Waals surface area contributed by atoms with Gasteiger partial charge in [0.2, 0.25) is 23.6 Å². The Labute approximate surface area is 358 Å². The topological polar surface area (TPSA) is 525 Å². The number of amides is 4. The minimum atomic E-state index is -1.86. The Morgan fingerprint density at radius 3 is 1.56 bits per heavy atom. The Bertz CT molecular complexity index is 1560. The number of nitrogens with one attached hydrogen (secondary N) is 4. The summed E-state index contributed by atoms with van der Waals surface area (Å²) in [7, 11) is 0. The molecule has 1 saturated carbocycles. The minimum Gasteiger partial charge on any atom is -0.388 e. The summed E-state index contributed by atoms with van der Waals surface area (Å²) in [6.45, 7) is 0.237. The monoisotopic (exact) mass is 889 g/mol. The average molecular weight is 889 g/mol. The number of carbonyl (C=O) groups excluding carboxylic acids is 4. The van der Waals surface area contributed by atoms with Crippen molar-refractivity contribution in [2.24, 2.45) is 77.3 Å². The predicted molar refractivity (Wildman–Crippen MR) is 227 cm³/mol. The molecule has 0 spiro atoms. The summed E-state index contributed by atoms with van der Waals surface area (Å²) in [6, 6.07) is -5.95. The highest BCUT2D eigenvalue weighted by Gasteiger charge is 2.51. The van der Waals surface area contributed by atoms with E-state index < -0.39 is 103 Å². The Morgan fingerprint density at radius 2 is 1.06 bits per heavy atom. The maximum absolute atomic E-state index is 13.2. The first-order chi connectivity index (χ1) is 29.2. The zero-order valence-electron chi connectivity index (χ0n) is 34.6. The first-order valence-electron chi connectivity index (χ1n) is 20.1. The zero-order chi connectivity index (χ0) is 46.5. The summed E-state index contributed by atoms with van der Waals surface area (Å²) < 4.78 is 12.3. The fourth-order valence-corrected chi connectivity index (χ4v) is 6.56. The molecule has 0 aromatic heterocycles. The van der Waals surface area contributed by atoms with E-state index in [9.17, 15) is 39.6 Å². The predicted octanol–water partition coefficient (Wildman–Crippen LogP) is -9.62. The van der Waals surface area contributed by atoms with E-state index in [4.69, 9.17) is 66.8 Å². The van der Waals surface area contributed by atoms with Gasteiger partial charge in [0.25, 0.3) is 0 Å². The van der Waals surface area contributed by atoms with Crippen LogP contribution in [0.5, 0.6) is 0 Å². The number of carbonyl (C=O) groups is 4. The molecule has 0 bridgehead atoms. The molecule has 0 aromatic carbocycles. The van der Waals surface area contributed by atoms with E-state index in [1.165, 1.54) is 0 Å². The maximum Gasteiger partial charge on any atom is 0.237 e. The first-order valence-corrected chi connectivity index (χ1v) is 20.1. The van der Waals surface area contributed by atoms with Crippen molar-refractivity contribution in [2.75, 3.05) is 32.7 Å². The van der Waals surface area contributed by atoms with Crippen molar-refractivity contribution in [3.05, 3.63) is 0 Å². The number of hydrogen-bond donors (Lipinski definition) is 18. The van der Waals surface area contributed by atoms with Gasteiger partial charge in [0.05, 0.1) is 24.2 Å². The molecule has 4 amide bonds. The molecular formula is C34H68N18O10. The van der Waals surface area contributed by atoms with Crippen molar-refractivity contribution in [2.45, 2.75) is 131 Å². The van der Waals surface area contributed by atoms with Crippen LogP contribution >= 0.6 is 0 Å². The molecule has 62 heavy (non-hydrogen) atoms. The standard InChI is InChI=1S/C34H68N18O10/c35-15(5-1-9-45-31(37)38)28(59)49-14-19-24(56)25(57)22(52-21(54)8-4-12-48-34(43)44)30(61-19)62-27-18(50-20(53)7-3-11-47-33(41)42)13-17(23(55)26(27)58)51-29(60)16(36)6-2-10-46-32(39)40/h15-19,22-27,30,55-58H,1-14,35-36H2,(H,49,59)(H,50,53)(H,51,60)(H,52,54)(H4,37,38,45)(H4,39,40,46)(H4,41,42,47)(H4,43,44,48). The van der Waals surface area contributed by atoms with Gasteiger partial charge in [-0.2, -0.15) is 0 Å². The van der Waals surface area contributed by atoms with Crippen LogP contribution in [0.3, 0.4) is 0 Å². The Morgan fingerprint density at radius 1 is 0.597 bits per heavy atom. The second-order valence-electron chi connectivity index (χ2n) is 14.9. The fraction of sp³-hybridized carbons (Fsp3) is 0.765. The molecule has 2 aliphatic rings. The van der Waals surface area contributed by atoms with Crippen LogP contribution in [0.25, 0.3) is 0 Å². The average Bonchev–Trinajstić information content (AvgIpc) is 3.20. The molecule has 1 heterocycles. The van der Waals surface area contributed by atoms with Gasteiger partial charge in [0, 0.05) is 45.6 Å². The fourth-order valence-electron chi connectivity index (χ4n) is 6.56. The summed E-state index contributed by atoms with van der Waals surface area (Å²) in [6.07, 6.45) is -10.8. The lowest BCUT2D eigenvalue weighted by atomic mass is 9.83. The summed E-state index contributed by atoms with van der Waals surface area (Å²) in [4.78, 5) is 67.7. The van der Waals surface area contributed by atoms with Crippen LogP contribution in [-0.2, 0) is 28.7 Å². The van der Waals surface area contributed by atoms with Crippen LogP contribution < -0.4 is 78.6 Å². The van der Waals surface area contributed by atoms with Crippen LogP contribution in [-0.4, -0.2) is 174 Å². The van der Waals surface area contributed by atoms with E-state index in [0.717, 1.165) is 0 Å². The molecule has 28 N–H and O–H groups in total. The van der Waals surface area contributed by atoms with Gasteiger partial charge in [-0.25, -0.2) is 0 Å². The van der Waals surface area contributed by atoms with E-state index in [-0.39, 0.29) is 95.0 Å². The normalized spacial score (nSPS) is 26.7. The minimum absolute atomic E-state index is 0.0975. The molecule has 12 atom stereocenters. The van der Waals surface area contributed by atoms with Gasteiger partial charge < -0.3 is 109 Å². The van der Waals surface area contributed by atoms with Crippen molar-refractivity contribution < 1.29 is 49.1 Å². The van der Waals surface area contributed by atoms with E-state index in [1.807, 2.05) is 0 Å². The van der Waals surface area contributed by atoms with Crippen LogP contribution in [0, 0.1) is 0 Å². The summed E-state index contributed by atoms with van der Waals surface area (Å²) in [5, 5.41) is 56.0. The third-order valence-electron chi connectivity index (χ3n) is 9.80. The highest BCUT2D eigenvalue weighted by Crippen LogP contribution is 2.30. The van der Waals surface area contributed by atoms with E-state index in [0.29, 0.717) is 12.8 Å². The lowest BCUT2D eigenvalue weighted by Crippen LogP contribution is -2.70. The van der Waals surface area contributed by atoms with Crippen molar-refractivity contribution in [1.29, 1.82) is 0 Å². The lowest BCUT2D eigenvalue weighted by molar-refractivity contribution is -0.293. The number of nitrogens with two attached hydrogens (primary N) is 10. The van der Waals surface area contributed by atoms with Crippen molar-refractivity contribution in [3.63, 3.8) is 0 Å². The molecule has 0 radical (unpaired) electrons. The van der Waals surface area contributed by atoms with Gasteiger partial charge >= 0.3 is 0 Å². The number of aliphatic hydroxyl groups excluding tert-OH is 4. The van der Waals surface area contributed by atoms with Crippen LogP contribution in [0.15, 0.2) is 20.0 Å². The first kappa shape index (κ1) is 52.8. The van der Waals surface area contributed by atoms with Crippen LogP contribution in [0.1, 0.15) is 57.8 Å². The highest BCUT2D eigenvalue weighted by molar-refractivity contribution is 5.82. The molecule has 12 unspecified atom stereocenters. The molecule has 2 fully saturated rings. The largest absolute Gasteiger partial charge is 0.388 e. The number of nitrogens with zero attached hydrogens (tertiary/aromatic N) is 4. The third kappa shape index (κ3) is 18.7. The molecule has 28 nitrogen and oxygen atoms in total. The van der Waals surface area contributed by atoms with Crippen molar-refractivity contribution >= 4 is 47.5 Å². The number of rotatable bonds is 25. The number of ether oxygens (including phenoxy) is 2. The summed E-state index contributed by atoms with van der Waals surface area (Å²) >= 11 is 0. The molecule has 354 valence electrons. The van der Waals surface area contributed by atoms with E-state index in [1.54, 1.807) is 0 Å². The lowest BCUT2D eigenvalue weighted by Gasteiger charge is -2.48. The second-order valence-corrected chi connectivity index (χ2v) is 14.9. The Hall–Kier alpha value is -5.36. The molecule has 1 aliphatic heterocycles. The SMILES string of the molecule is NC(N)=NCCCC(=O)NC1CC(NC(=O)C(N)CCCN=C(N)N)C(O)C(O)C1OC1OC(CNC(=O)C(N)CCCN=C(N)N)C(O)C(O)C1NC(=O)CCCN=C(N)N. The van der Waals surface area contributed by atoms with Gasteiger partial charge in [0.1, 0.15) is 42.7 Å². The molecule has 1 saturated heterocycles. The number of hydrogen-bond acceptors (Lipinski definition) is 16. The number of guanidine groups is 4. The van der Waals surface area contributed by atoms with E-state index in [2.05, 4.69) is 41.2 Å². The Balaban J connectivity index is 2.39. The van der Waals surface area contributed by atoms with Gasteiger partial charge in [-0.1, -0.05) is 0 Å². The molecule has 28 heteroatoms. The molecule has 2 rings (SSSR count). The zero-order valence-corrected chi connectivity index (χ0v) is 34.6. The second kappa shape index (κ2) is 26.9. The van der Waals surface area contributed by atoms with Gasteiger partial charge in [0.15, 0.2) is 30.1 Å². The number of aliphatic hydroxyl groups is 4. The molecule has 1 aliphatic carbocycles.